The summed E-state index contributed by atoms with van der Waals surface area (Å²) < 4.78 is 3.32. The van der Waals surface area contributed by atoms with Gasteiger partial charge in [0.15, 0.2) is 5.43 Å². The molecule has 5 nitrogen and oxygen atoms in total. The van der Waals surface area contributed by atoms with Gasteiger partial charge < -0.3 is 4.57 Å². The highest BCUT2D eigenvalue weighted by Gasteiger charge is 2.15. The van der Waals surface area contributed by atoms with Crippen LogP contribution in [-0.4, -0.2) is 20.3 Å². The summed E-state index contributed by atoms with van der Waals surface area (Å²) in [4.78, 5) is 25.6. The van der Waals surface area contributed by atoms with Crippen molar-refractivity contribution in [2.45, 2.75) is 20.4 Å². The highest BCUT2D eigenvalue weighted by atomic mass is 16.2. The Morgan fingerprint density at radius 3 is 2.04 bits per heavy atom. The molecule has 0 radical (unpaired) electrons. The molecular formula is C20H17N3O2. The Morgan fingerprint density at radius 2 is 1.52 bits per heavy atom. The van der Waals surface area contributed by atoms with Gasteiger partial charge in [-0.05, 0) is 44.2 Å². The van der Waals surface area contributed by atoms with E-state index < -0.39 is 0 Å². The summed E-state index contributed by atoms with van der Waals surface area (Å²) in [6.07, 6.45) is 0. The van der Waals surface area contributed by atoms with Gasteiger partial charge in [0.25, 0.3) is 5.91 Å². The van der Waals surface area contributed by atoms with Crippen molar-refractivity contribution in [2.24, 2.45) is 0 Å². The molecule has 0 unspecified atom stereocenters. The van der Waals surface area contributed by atoms with Crippen LogP contribution in [0.5, 0.6) is 0 Å². The minimum absolute atomic E-state index is 0.0130. The molecule has 0 atom stereocenters. The molecule has 0 fully saturated rings. The molecule has 2 aromatic carbocycles. The lowest BCUT2D eigenvalue weighted by molar-refractivity contribution is 0.0875. The van der Waals surface area contributed by atoms with E-state index >= 15 is 0 Å². The van der Waals surface area contributed by atoms with Gasteiger partial charge in [0.05, 0.1) is 16.7 Å². The Labute approximate surface area is 144 Å². The van der Waals surface area contributed by atoms with Crippen molar-refractivity contribution in [3.63, 3.8) is 0 Å². The van der Waals surface area contributed by atoms with Crippen molar-refractivity contribution in [1.29, 1.82) is 0 Å². The summed E-state index contributed by atoms with van der Waals surface area (Å²) >= 11 is 0. The molecule has 0 N–H and O–H groups in total. The molecular weight excluding hydrogens is 314 g/mol. The minimum Gasteiger partial charge on any atom is -0.331 e. The molecule has 2 heterocycles. The molecule has 0 amide bonds. The van der Waals surface area contributed by atoms with Crippen LogP contribution in [0.3, 0.4) is 0 Å². The van der Waals surface area contributed by atoms with Crippen molar-refractivity contribution in [3.05, 3.63) is 76.2 Å². The number of carbonyl (C=O) groups excluding carboxylic acids is 1. The van der Waals surface area contributed by atoms with Gasteiger partial charge in [0.1, 0.15) is 6.54 Å². The molecule has 0 aliphatic rings. The number of pyridine rings is 1. The van der Waals surface area contributed by atoms with Crippen LogP contribution in [0, 0.1) is 13.8 Å². The van der Waals surface area contributed by atoms with Gasteiger partial charge in [0, 0.05) is 16.5 Å². The van der Waals surface area contributed by atoms with E-state index in [1.165, 1.54) is 4.68 Å². The highest BCUT2D eigenvalue weighted by Crippen LogP contribution is 2.19. The molecule has 4 rings (SSSR count). The predicted molar refractivity (Wildman–Crippen MR) is 98.0 cm³/mol. The molecule has 124 valence electrons. The quantitative estimate of drug-likeness (QED) is 0.530. The molecule has 0 spiro atoms. The fourth-order valence-electron chi connectivity index (χ4n) is 3.33. The summed E-state index contributed by atoms with van der Waals surface area (Å²) in [7, 11) is 0. The van der Waals surface area contributed by atoms with E-state index in [1.807, 2.05) is 60.9 Å². The second-order valence-corrected chi connectivity index (χ2v) is 6.18. The number of para-hydroxylation sites is 2. The van der Waals surface area contributed by atoms with Crippen molar-refractivity contribution in [3.8, 4) is 0 Å². The molecule has 0 saturated heterocycles. The van der Waals surface area contributed by atoms with E-state index in [2.05, 4.69) is 5.10 Å². The zero-order valence-electron chi connectivity index (χ0n) is 14.1. The number of nitrogens with zero attached hydrogens (tertiary/aromatic N) is 3. The van der Waals surface area contributed by atoms with E-state index in [1.54, 1.807) is 12.1 Å². The summed E-state index contributed by atoms with van der Waals surface area (Å²) in [5.41, 5.74) is 3.10. The average Bonchev–Trinajstić information content (AvgIpc) is 2.97. The molecule has 0 saturated carbocycles. The van der Waals surface area contributed by atoms with Gasteiger partial charge in [-0.3, -0.25) is 9.59 Å². The lowest BCUT2D eigenvalue weighted by Crippen LogP contribution is -2.22. The number of aromatic nitrogens is 3. The third-order valence-corrected chi connectivity index (χ3v) is 4.42. The van der Waals surface area contributed by atoms with Gasteiger partial charge in [0.2, 0.25) is 0 Å². The smallest absolute Gasteiger partial charge is 0.267 e. The largest absolute Gasteiger partial charge is 0.331 e. The number of fused-ring (bicyclic) bond motifs is 2. The first-order valence-corrected chi connectivity index (χ1v) is 8.13. The Hall–Kier alpha value is -3.21. The second kappa shape index (κ2) is 5.70. The standard InChI is InChI=1S/C20H17N3O2/c1-13-11-14(2)23(21-13)19(24)12-22-17-9-5-3-7-15(17)20(25)16-8-4-6-10-18(16)22/h3-11H,12H2,1-2H3. The average molecular weight is 331 g/mol. The van der Waals surface area contributed by atoms with Crippen LogP contribution in [0.15, 0.2) is 59.4 Å². The molecule has 0 aliphatic carbocycles. The predicted octanol–water partition coefficient (Wildman–Crippen LogP) is 3.31. The summed E-state index contributed by atoms with van der Waals surface area (Å²) in [5, 5.41) is 5.50. The Kier molecular flexibility index (Phi) is 3.50. The van der Waals surface area contributed by atoms with Crippen molar-refractivity contribution < 1.29 is 4.79 Å². The topological polar surface area (TPSA) is 56.9 Å². The van der Waals surface area contributed by atoms with Crippen LogP contribution in [0.1, 0.15) is 16.2 Å². The summed E-state index contributed by atoms with van der Waals surface area (Å²) in [5.74, 6) is -0.135. The van der Waals surface area contributed by atoms with Crippen LogP contribution in [0.25, 0.3) is 21.8 Å². The monoisotopic (exact) mass is 331 g/mol. The molecule has 2 aromatic heterocycles. The van der Waals surface area contributed by atoms with Crippen LogP contribution >= 0.6 is 0 Å². The normalized spacial score (nSPS) is 11.3. The van der Waals surface area contributed by atoms with Gasteiger partial charge >= 0.3 is 0 Å². The van der Waals surface area contributed by atoms with Crippen LogP contribution in [-0.2, 0) is 6.54 Å². The first-order valence-electron chi connectivity index (χ1n) is 8.13. The number of hydrogen-bond donors (Lipinski definition) is 0. The van der Waals surface area contributed by atoms with Gasteiger partial charge in [-0.15, -0.1) is 0 Å². The first kappa shape index (κ1) is 15.3. The van der Waals surface area contributed by atoms with E-state index in [-0.39, 0.29) is 17.9 Å². The van der Waals surface area contributed by atoms with E-state index in [0.29, 0.717) is 10.8 Å². The molecule has 5 heteroatoms. The fraction of sp³-hybridized carbons (Fsp3) is 0.150. The lowest BCUT2D eigenvalue weighted by atomic mass is 10.1. The summed E-state index contributed by atoms with van der Waals surface area (Å²) in [6.45, 7) is 3.84. The fourth-order valence-corrected chi connectivity index (χ4v) is 3.33. The maximum absolute atomic E-state index is 12.8. The Bertz CT molecular complexity index is 1120. The van der Waals surface area contributed by atoms with E-state index in [0.717, 1.165) is 22.4 Å². The zero-order valence-corrected chi connectivity index (χ0v) is 14.1. The number of benzene rings is 2. The molecule has 4 aromatic rings. The maximum Gasteiger partial charge on any atom is 0.267 e. The molecule has 25 heavy (non-hydrogen) atoms. The third kappa shape index (κ3) is 2.45. The minimum atomic E-state index is -0.135. The third-order valence-electron chi connectivity index (χ3n) is 4.42. The summed E-state index contributed by atoms with van der Waals surface area (Å²) in [6, 6.07) is 16.6. The van der Waals surface area contributed by atoms with Crippen molar-refractivity contribution in [1.82, 2.24) is 14.3 Å². The van der Waals surface area contributed by atoms with Gasteiger partial charge in [-0.2, -0.15) is 5.10 Å². The second-order valence-electron chi connectivity index (χ2n) is 6.18. The van der Waals surface area contributed by atoms with Crippen molar-refractivity contribution in [2.75, 3.05) is 0 Å². The number of rotatable bonds is 2. The highest BCUT2D eigenvalue weighted by molar-refractivity contribution is 5.95. The number of aryl methyl sites for hydroxylation is 2. The van der Waals surface area contributed by atoms with Crippen LogP contribution < -0.4 is 5.43 Å². The zero-order chi connectivity index (χ0) is 17.6. The van der Waals surface area contributed by atoms with E-state index in [9.17, 15) is 9.59 Å². The Morgan fingerprint density at radius 1 is 0.960 bits per heavy atom. The SMILES string of the molecule is Cc1cc(C)n(C(=O)Cn2c3ccccc3c(=O)c3ccccc32)n1. The van der Waals surface area contributed by atoms with Crippen molar-refractivity contribution >= 4 is 27.7 Å². The number of hydrogen-bond acceptors (Lipinski definition) is 3. The first-order chi connectivity index (χ1) is 12.1. The molecule has 0 bridgehead atoms. The Balaban J connectivity index is 1.96. The lowest BCUT2D eigenvalue weighted by Gasteiger charge is -2.14. The van der Waals surface area contributed by atoms with Gasteiger partial charge in [-0.1, -0.05) is 24.3 Å². The molecule has 0 aliphatic heterocycles. The van der Waals surface area contributed by atoms with Gasteiger partial charge in [-0.25, -0.2) is 4.68 Å². The maximum atomic E-state index is 12.8. The van der Waals surface area contributed by atoms with Crippen LogP contribution in [0.2, 0.25) is 0 Å². The van der Waals surface area contributed by atoms with E-state index in [4.69, 9.17) is 0 Å². The van der Waals surface area contributed by atoms with Crippen LogP contribution in [0.4, 0.5) is 0 Å². The number of carbonyl (C=O) groups is 1.